The summed E-state index contributed by atoms with van der Waals surface area (Å²) < 4.78 is 11.9. The molecule has 66 valence electrons. The highest BCUT2D eigenvalue weighted by atomic mass is 19.1. The van der Waals surface area contributed by atoms with Crippen molar-refractivity contribution in [2.24, 2.45) is 0 Å². The van der Waals surface area contributed by atoms with Crippen LogP contribution in [0.25, 0.3) is 0 Å². The van der Waals surface area contributed by atoms with E-state index in [1.807, 2.05) is 0 Å². The fraction of sp³-hybridized carbons (Fsp3) is 0.429. The lowest BCUT2D eigenvalue weighted by Gasteiger charge is -1.91. The lowest BCUT2D eigenvalue weighted by Crippen LogP contribution is -1.97. The van der Waals surface area contributed by atoms with Gasteiger partial charge in [0.15, 0.2) is 0 Å². The fourth-order valence-electron chi connectivity index (χ4n) is 0.842. The lowest BCUT2D eigenvalue weighted by molar-refractivity contribution is -0.136. The molecule has 0 aliphatic heterocycles. The zero-order valence-electron chi connectivity index (χ0n) is 6.38. The summed E-state index contributed by atoms with van der Waals surface area (Å²) in [4.78, 5) is 16.5. The van der Waals surface area contributed by atoms with Crippen molar-refractivity contribution in [3.63, 3.8) is 0 Å². The van der Waals surface area contributed by atoms with Gasteiger partial charge in [0.1, 0.15) is 12.5 Å². The molecule has 1 heterocycles. The number of alkyl halides is 1. The predicted molar refractivity (Wildman–Crippen MR) is 39.4 cm³/mol. The average Bonchev–Trinajstić information content (AvgIpc) is 2.48. The van der Waals surface area contributed by atoms with Crippen molar-refractivity contribution in [2.45, 2.75) is 19.5 Å². The van der Waals surface area contributed by atoms with Crippen LogP contribution in [0.5, 0.6) is 0 Å². The Morgan fingerprint density at radius 2 is 2.50 bits per heavy atom. The maximum absolute atomic E-state index is 11.9. The molecule has 0 amide bonds. The Labute approximate surface area is 68.4 Å². The van der Waals surface area contributed by atoms with Gasteiger partial charge in [-0.2, -0.15) is 0 Å². The third kappa shape index (κ3) is 2.34. The van der Waals surface area contributed by atoms with Crippen molar-refractivity contribution in [3.05, 3.63) is 17.7 Å². The molecule has 0 aliphatic carbocycles. The van der Waals surface area contributed by atoms with Crippen molar-refractivity contribution >= 4 is 5.97 Å². The van der Waals surface area contributed by atoms with Crippen LogP contribution in [-0.2, 0) is 17.9 Å². The van der Waals surface area contributed by atoms with E-state index >= 15 is 0 Å². The largest absolute Gasteiger partial charge is 0.481 e. The van der Waals surface area contributed by atoms with E-state index in [1.54, 1.807) is 0 Å². The van der Waals surface area contributed by atoms with E-state index in [0.717, 1.165) is 0 Å². The highest BCUT2D eigenvalue weighted by Gasteiger charge is 2.02. The van der Waals surface area contributed by atoms with Crippen molar-refractivity contribution in [1.29, 1.82) is 0 Å². The summed E-state index contributed by atoms with van der Waals surface area (Å²) in [5.41, 5.74) is 0.657. The topological polar surface area (TPSA) is 66.0 Å². The molecule has 0 radical (unpaired) electrons. The van der Waals surface area contributed by atoms with Crippen molar-refractivity contribution < 1.29 is 14.3 Å². The fourth-order valence-corrected chi connectivity index (χ4v) is 0.842. The number of nitrogens with zero attached hydrogens (tertiary/aromatic N) is 1. The molecular formula is C7H9FN2O2. The molecule has 0 bridgehead atoms. The van der Waals surface area contributed by atoms with Gasteiger partial charge in [0.25, 0.3) is 0 Å². The maximum atomic E-state index is 11.9. The molecule has 0 saturated heterocycles. The minimum Gasteiger partial charge on any atom is -0.481 e. The van der Waals surface area contributed by atoms with E-state index in [9.17, 15) is 9.18 Å². The number of aromatic amines is 1. The Balaban J connectivity index is 2.47. The monoisotopic (exact) mass is 172 g/mol. The molecule has 0 unspecified atom stereocenters. The number of aliphatic carboxylic acids is 1. The first-order valence-electron chi connectivity index (χ1n) is 3.53. The average molecular weight is 172 g/mol. The summed E-state index contributed by atoms with van der Waals surface area (Å²) in [6.45, 7) is -0.646. The molecule has 1 aromatic rings. The Morgan fingerprint density at radius 3 is 3.00 bits per heavy atom. The molecule has 0 spiro atoms. The molecule has 2 N–H and O–H groups in total. The zero-order valence-corrected chi connectivity index (χ0v) is 6.38. The van der Waals surface area contributed by atoms with Crippen LogP contribution < -0.4 is 0 Å². The smallest absolute Gasteiger partial charge is 0.303 e. The molecule has 4 nitrogen and oxygen atoms in total. The second-order valence-corrected chi connectivity index (χ2v) is 2.38. The minimum absolute atomic E-state index is 0.0356. The van der Waals surface area contributed by atoms with Crippen LogP contribution in [0, 0.1) is 0 Å². The van der Waals surface area contributed by atoms with Gasteiger partial charge < -0.3 is 10.1 Å². The van der Waals surface area contributed by atoms with E-state index in [2.05, 4.69) is 9.97 Å². The van der Waals surface area contributed by atoms with Gasteiger partial charge in [-0.3, -0.25) is 4.79 Å². The summed E-state index contributed by atoms with van der Waals surface area (Å²) in [7, 11) is 0. The number of carboxylic acids is 1. The SMILES string of the molecule is O=C(O)CCc1cnc(CF)[nH]1. The molecule has 1 rings (SSSR count). The van der Waals surface area contributed by atoms with Crippen molar-refractivity contribution in [2.75, 3.05) is 0 Å². The number of imidazole rings is 1. The standard InChI is InChI=1S/C7H9FN2O2/c8-3-6-9-4-5(10-6)1-2-7(11)12/h4H,1-3H2,(H,9,10)(H,11,12). The maximum Gasteiger partial charge on any atom is 0.303 e. The van der Waals surface area contributed by atoms with Crippen LogP contribution >= 0.6 is 0 Å². The van der Waals surface area contributed by atoms with Crippen LogP contribution in [-0.4, -0.2) is 21.0 Å². The van der Waals surface area contributed by atoms with E-state index < -0.39 is 12.6 Å². The van der Waals surface area contributed by atoms with Gasteiger partial charge in [0, 0.05) is 11.9 Å². The van der Waals surface area contributed by atoms with Gasteiger partial charge in [0.05, 0.1) is 6.42 Å². The Morgan fingerprint density at radius 1 is 1.75 bits per heavy atom. The van der Waals surface area contributed by atoms with Gasteiger partial charge >= 0.3 is 5.97 Å². The number of hydrogen-bond donors (Lipinski definition) is 2. The summed E-state index contributed by atoms with van der Waals surface area (Å²) in [6.07, 6.45) is 1.86. The molecule has 12 heavy (non-hydrogen) atoms. The van der Waals surface area contributed by atoms with Crippen molar-refractivity contribution in [1.82, 2.24) is 9.97 Å². The summed E-state index contributed by atoms with van der Waals surface area (Å²) in [6, 6.07) is 0. The van der Waals surface area contributed by atoms with E-state index in [4.69, 9.17) is 5.11 Å². The van der Waals surface area contributed by atoms with E-state index in [1.165, 1.54) is 6.20 Å². The Kier molecular flexibility index (Phi) is 2.79. The second kappa shape index (κ2) is 3.85. The van der Waals surface area contributed by atoms with E-state index in [-0.39, 0.29) is 12.2 Å². The summed E-state index contributed by atoms with van der Waals surface area (Å²) >= 11 is 0. The summed E-state index contributed by atoms with van der Waals surface area (Å²) in [5, 5.41) is 8.33. The number of aromatic nitrogens is 2. The Hall–Kier alpha value is -1.39. The molecular weight excluding hydrogens is 163 g/mol. The molecule has 5 heteroatoms. The van der Waals surface area contributed by atoms with Gasteiger partial charge in [-0.25, -0.2) is 9.37 Å². The number of hydrogen-bond acceptors (Lipinski definition) is 2. The van der Waals surface area contributed by atoms with Gasteiger partial charge in [-0.05, 0) is 6.42 Å². The minimum atomic E-state index is -0.869. The van der Waals surface area contributed by atoms with E-state index in [0.29, 0.717) is 12.1 Å². The molecule has 0 fully saturated rings. The number of rotatable bonds is 4. The number of carbonyl (C=O) groups is 1. The van der Waals surface area contributed by atoms with Crippen LogP contribution in [0.4, 0.5) is 4.39 Å². The number of aryl methyl sites for hydroxylation is 1. The molecule has 1 aromatic heterocycles. The van der Waals surface area contributed by atoms with Crippen LogP contribution in [0.15, 0.2) is 6.20 Å². The molecule has 0 saturated carbocycles. The highest BCUT2D eigenvalue weighted by molar-refractivity contribution is 5.66. The van der Waals surface area contributed by atoms with Gasteiger partial charge in [0.2, 0.25) is 0 Å². The quantitative estimate of drug-likeness (QED) is 0.708. The number of carboxylic acid groups (broad SMARTS) is 1. The summed E-state index contributed by atoms with van der Waals surface area (Å²) in [5.74, 6) is -0.623. The normalized spacial score (nSPS) is 10.1. The van der Waals surface area contributed by atoms with Crippen LogP contribution in [0.1, 0.15) is 17.9 Å². The lowest BCUT2D eigenvalue weighted by atomic mass is 10.2. The van der Waals surface area contributed by atoms with Gasteiger partial charge in [-0.15, -0.1) is 0 Å². The first-order chi connectivity index (χ1) is 5.72. The molecule has 0 aromatic carbocycles. The third-order valence-electron chi connectivity index (χ3n) is 1.42. The number of nitrogens with one attached hydrogen (secondary N) is 1. The number of halogens is 1. The third-order valence-corrected chi connectivity index (χ3v) is 1.42. The first-order valence-corrected chi connectivity index (χ1v) is 3.53. The highest BCUT2D eigenvalue weighted by Crippen LogP contribution is 2.01. The van der Waals surface area contributed by atoms with Gasteiger partial charge in [-0.1, -0.05) is 0 Å². The first kappa shape index (κ1) is 8.70. The molecule has 0 aliphatic rings. The zero-order chi connectivity index (χ0) is 8.97. The Bertz CT molecular complexity index is 272. The molecule has 0 atom stereocenters. The number of H-pyrrole nitrogens is 1. The predicted octanol–water partition coefficient (Wildman–Crippen LogP) is 0.896. The van der Waals surface area contributed by atoms with Crippen LogP contribution in [0.3, 0.4) is 0 Å². The van der Waals surface area contributed by atoms with Crippen molar-refractivity contribution in [3.8, 4) is 0 Å². The van der Waals surface area contributed by atoms with Crippen LogP contribution in [0.2, 0.25) is 0 Å². The second-order valence-electron chi connectivity index (χ2n) is 2.38.